The number of aliphatic carboxylic acids is 1. The molecule has 5 fully saturated rings. The second-order valence-corrected chi connectivity index (χ2v) is 24.8. The van der Waals surface area contributed by atoms with E-state index in [0.29, 0.717) is 25.2 Å². The van der Waals surface area contributed by atoms with Crippen LogP contribution >= 0.6 is 0 Å². The van der Waals surface area contributed by atoms with Crippen molar-refractivity contribution in [3.05, 3.63) is 0 Å². The van der Waals surface area contributed by atoms with Gasteiger partial charge in [0.15, 0.2) is 31.3 Å². The zero-order chi connectivity index (χ0) is 63.6. The van der Waals surface area contributed by atoms with Gasteiger partial charge in [0, 0.05) is 31.5 Å². The largest absolute Gasteiger partial charge is 0.479 e. The minimum absolute atomic E-state index is 0.0115. The summed E-state index contributed by atoms with van der Waals surface area (Å²) in [6, 6.07) is 0. The molecule has 5 aliphatic rings. The minimum Gasteiger partial charge on any atom is -0.479 e. The fourth-order valence-electron chi connectivity index (χ4n) is 12.8. The maximum Gasteiger partial charge on any atom is 0.335 e. The van der Waals surface area contributed by atoms with Crippen LogP contribution in [-0.4, -0.2) is 247 Å². The molecule has 4 saturated heterocycles. The van der Waals surface area contributed by atoms with Crippen molar-refractivity contribution in [2.24, 2.45) is 11.8 Å². The van der Waals surface area contributed by atoms with Gasteiger partial charge in [0.2, 0.25) is 11.8 Å². The molecule has 26 heteroatoms. The number of nitrogens with one attached hydrogen (secondary N) is 2. The maximum atomic E-state index is 13.6. The summed E-state index contributed by atoms with van der Waals surface area (Å²) in [5.41, 5.74) is -0.241. The average Bonchev–Trinajstić information content (AvgIpc) is 2.68. The topological polar surface area (TPSA) is 401 Å². The highest BCUT2D eigenvalue weighted by molar-refractivity contribution is 5.77. The van der Waals surface area contributed by atoms with Crippen LogP contribution in [0.2, 0.25) is 0 Å². The lowest BCUT2D eigenvalue weighted by Gasteiger charge is -2.49. The van der Waals surface area contributed by atoms with Gasteiger partial charge in [-0.2, -0.15) is 0 Å². The van der Waals surface area contributed by atoms with Crippen molar-refractivity contribution in [2.75, 3.05) is 39.6 Å². The summed E-state index contributed by atoms with van der Waals surface area (Å²) in [7, 11) is 0. The van der Waals surface area contributed by atoms with Crippen molar-refractivity contribution < 1.29 is 118 Å². The smallest absolute Gasteiger partial charge is 0.335 e. The number of aliphatic hydroxyl groups is 11. The van der Waals surface area contributed by atoms with E-state index in [9.17, 15) is 75.7 Å². The Morgan fingerprint density at radius 2 is 0.954 bits per heavy atom. The molecule has 0 aromatic heterocycles. The molecule has 5 rings (SSSR count). The van der Waals surface area contributed by atoms with Gasteiger partial charge in [0.25, 0.3) is 0 Å². The lowest BCUT2D eigenvalue weighted by atomic mass is 9.72. The average molecular weight is 1260 g/mol. The van der Waals surface area contributed by atoms with Crippen LogP contribution < -0.4 is 10.6 Å². The third kappa shape index (κ3) is 22.1. The zero-order valence-corrected chi connectivity index (χ0v) is 51.9. The van der Waals surface area contributed by atoms with Crippen molar-refractivity contribution >= 4 is 17.8 Å². The molecule has 0 bridgehead atoms. The second-order valence-electron chi connectivity index (χ2n) is 24.8. The van der Waals surface area contributed by atoms with Gasteiger partial charge in [-0.1, -0.05) is 130 Å². The fourth-order valence-corrected chi connectivity index (χ4v) is 12.8. The SMILES string of the molecule is CCCCCCC(C)CO[C@@H]1C(C(=O)O)O[C@@H](O[C@@H]2C(CO)O[C@@H](O[C@@H]3C(CO)O[C@H](O[C@H]4C(CO)O[C@H](OCCNC(=O)CCCCC(=O)NC(CC)(CCCC)C5CCCCCCCCCCCC5)C(O)C4O)C(O)C3O)C(O)C2O)C(O)C1O. The molecule has 4 aliphatic heterocycles. The van der Waals surface area contributed by atoms with Crippen molar-refractivity contribution in [3.63, 3.8) is 0 Å². The number of amides is 2. The number of carboxylic acid groups (broad SMARTS) is 1. The molecule has 508 valence electrons. The Bertz CT molecular complexity index is 1910. The van der Waals surface area contributed by atoms with Crippen molar-refractivity contribution in [1.82, 2.24) is 10.6 Å². The van der Waals surface area contributed by atoms with Crippen LogP contribution in [0.15, 0.2) is 0 Å². The number of rotatable bonds is 33. The molecule has 0 aromatic carbocycles. The second kappa shape index (κ2) is 39.2. The third-order valence-corrected chi connectivity index (χ3v) is 18.1. The molecule has 1 saturated carbocycles. The molecule has 14 unspecified atom stereocenters. The minimum atomic E-state index is -2.11. The quantitative estimate of drug-likeness (QED) is 0.0413. The van der Waals surface area contributed by atoms with Crippen LogP contribution in [-0.2, 0) is 57.0 Å². The Labute approximate surface area is 513 Å². The first kappa shape index (κ1) is 75.3. The van der Waals surface area contributed by atoms with E-state index < -0.39 is 149 Å². The summed E-state index contributed by atoms with van der Waals surface area (Å²) in [6.45, 7) is 5.51. The van der Waals surface area contributed by atoms with Crippen LogP contribution in [0.25, 0.3) is 0 Å². The number of carbonyl (C=O) groups excluding carboxylic acids is 2. The Morgan fingerprint density at radius 1 is 0.517 bits per heavy atom. The van der Waals surface area contributed by atoms with Crippen molar-refractivity contribution in [2.45, 2.75) is 317 Å². The number of carbonyl (C=O) groups is 3. The molecular weight excluding hydrogens is 1140 g/mol. The standard InChI is InChI=1S/C61H110N2O24/c1-5-8-10-19-24-36(4)35-80-54-46(72)50(76)60(87-55(54)56(77)78)86-53-40(34-66)83-59(49(75)45(53)71)85-52-39(33-65)82-58(48(74)44(52)70)84-51-38(32-64)81-57(47(73)43(51)69)79-31-30-62-41(67)27-22-23-28-42(68)63-61(7-3,29-9-6-2)37-25-20-17-15-13-11-12-14-16-18-21-26-37/h36-40,43-55,57-60,64-66,69-76H,5-35H2,1-4H3,(H,62,67)(H,63,68)(H,77,78)/t36?,38?,39?,40?,43?,44?,45?,46?,47?,48?,49?,50?,51-,52+,53+,54-,55?,57-,58+,59-,60+,61?/m0/s1. The number of carboxylic acids is 1. The molecular formula is C61H110N2O24. The van der Waals surface area contributed by atoms with Gasteiger partial charge in [-0.3, -0.25) is 9.59 Å². The molecule has 26 nitrogen and oxygen atoms in total. The monoisotopic (exact) mass is 1250 g/mol. The fraction of sp³-hybridized carbons (Fsp3) is 0.951. The predicted octanol–water partition coefficient (Wildman–Crippen LogP) is 1.44. The van der Waals surface area contributed by atoms with Crippen LogP contribution in [0.3, 0.4) is 0 Å². The number of hydrogen-bond acceptors (Lipinski definition) is 23. The van der Waals surface area contributed by atoms with Gasteiger partial charge in [0.1, 0.15) is 91.6 Å². The normalized spacial score (nSPS) is 36.3. The van der Waals surface area contributed by atoms with E-state index in [1.165, 1.54) is 64.2 Å². The summed E-state index contributed by atoms with van der Waals surface area (Å²) in [5.74, 6) is -1.40. The van der Waals surface area contributed by atoms with Crippen molar-refractivity contribution in [3.8, 4) is 0 Å². The number of unbranched alkanes of at least 4 members (excludes halogenated alkanes) is 5. The maximum absolute atomic E-state index is 13.6. The van der Waals surface area contributed by atoms with Gasteiger partial charge < -0.3 is 115 Å². The molecule has 0 aromatic rings. The third-order valence-electron chi connectivity index (χ3n) is 18.1. The van der Waals surface area contributed by atoms with Crippen LogP contribution in [0.4, 0.5) is 0 Å². The predicted molar refractivity (Wildman–Crippen MR) is 311 cm³/mol. The van der Waals surface area contributed by atoms with Gasteiger partial charge in [-0.05, 0) is 56.8 Å². The van der Waals surface area contributed by atoms with Crippen LogP contribution in [0, 0.1) is 11.8 Å². The van der Waals surface area contributed by atoms with E-state index in [-0.39, 0.29) is 49.5 Å². The molecule has 0 radical (unpaired) electrons. The van der Waals surface area contributed by atoms with Gasteiger partial charge in [-0.15, -0.1) is 0 Å². The summed E-state index contributed by atoms with van der Waals surface area (Å²) in [5, 5.41) is 137. The first-order valence-corrected chi connectivity index (χ1v) is 32.7. The summed E-state index contributed by atoms with van der Waals surface area (Å²) < 4.78 is 51.4. The van der Waals surface area contributed by atoms with Gasteiger partial charge >= 0.3 is 5.97 Å². The van der Waals surface area contributed by atoms with E-state index in [1.807, 2.05) is 6.92 Å². The van der Waals surface area contributed by atoms with E-state index in [2.05, 4.69) is 31.4 Å². The Morgan fingerprint density at radius 3 is 1.41 bits per heavy atom. The van der Waals surface area contributed by atoms with E-state index >= 15 is 0 Å². The number of hydrogen-bond donors (Lipinski definition) is 14. The van der Waals surface area contributed by atoms with Crippen molar-refractivity contribution in [1.29, 1.82) is 0 Å². The Hall–Kier alpha value is -2.39. The molecule has 2 amide bonds. The summed E-state index contributed by atoms with van der Waals surface area (Å²) in [6.07, 6.45) is -11.2. The number of ether oxygens (including phenoxy) is 9. The first-order chi connectivity index (χ1) is 41.8. The Kier molecular flexibility index (Phi) is 34.0. The Balaban J connectivity index is 1.06. The van der Waals surface area contributed by atoms with E-state index in [1.54, 1.807) is 0 Å². The number of aliphatic hydroxyl groups excluding tert-OH is 11. The van der Waals surface area contributed by atoms with E-state index in [0.717, 1.165) is 70.6 Å². The summed E-state index contributed by atoms with van der Waals surface area (Å²) >= 11 is 0. The molecule has 4 heterocycles. The van der Waals surface area contributed by atoms with Crippen LogP contribution in [0.5, 0.6) is 0 Å². The summed E-state index contributed by atoms with van der Waals surface area (Å²) in [4.78, 5) is 38.7. The van der Waals surface area contributed by atoms with Gasteiger partial charge in [-0.25, -0.2) is 4.79 Å². The highest BCUT2D eigenvalue weighted by atomic mass is 16.8. The zero-order valence-electron chi connectivity index (χ0n) is 51.9. The lowest BCUT2D eigenvalue weighted by Crippen LogP contribution is -2.67. The molecule has 22 atom stereocenters. The highest BCUT2D eigenvalue weighted by Gasteiger charge is 2.56. The highest BCUT2D eigenvalue weighted by Crippen LogP contribution is 2.38. The molecule has 87 heavy (non-hydrogen) atoms. The molecule has 14 N–H and O–H groups in total. The lowest BCUT2D eigenvalue weighted by molar-refractivity contribution is -0.388. The van der Waals surface area contributed by atoms with Crippen LogP contribution in [0.1, 0.15) is 188 Å². The molecule has 0 spiro atoms. The van der Waals surface area contributed by atoms with Gasteiger partial charge in [0.05, 0.1) is 26.4 Å². The molecule has 1 aliphatic carbocycles. The first-order valence-electron chi connectivity index (χ1n) is 32.7. The van der Waals surface area contributed by atoms with E-state index in [4.69, 9.17) is 42.6 Å².